The van der Waals surface area contributed by atoms with Gasteiger partial charge in [0, 0.05) is 44.1 Å². The third-order valence-corrected chi connectivity index (χ3v) is 13.9. The van der Waals surface area contributed by atoms with E-state index in [9.17, 15) is 53.4 Å². The number of carbonyl (C=O) groups is 9. The Morgan fingerprint density at radius 3 is 2.01 bits per heavy atom. The molecule has 0 bridgehead atoms. The Kier molecular flexibility index (Phi) is 22.7. The molecule has 0 spiro atoms. The Hall–Kier alpha value is -6.39. The lowest BCUT2D eigenvalue weighted by Crippen LogP contribution is -2.61. The second kappa shape index (κ2) is 28.3. The molecule has 26 nitrogen and oxygen atoms in total. The van der Waals surface area contributed by atoms with E-state index in [4.69, 9.17) is 28.7 Å². The quantitative estimate of drug-likeness (QED) is 0.0251. The van der Waals surface area contributed by atoms with Gasteiger partial charge >= 0.3 is 5.97 Å². The number of benzene rings is 1. The molecular weight excluding hydrogens is 955 g/mol. The fourth-order valence-electron chi connectivity index (χ4n) is 7.87. The third kappa shape index (κ3) is 17.5. The number of aliphatic carboxylic acids is 1. The number of rotatable bonds is 20. The highest BCUT2D eigenvalue weighted by Gasteiger charge is 2.43. The summed E-state index contributed by atoms with van der Waals surface area (Å²) < 4.78 is 0. The van der Waals surface area contributed by atoms with Gasteiger partial charge in [0.2, 0.25) is 47.3 Å². The molecule has 3 fully saturated rings. The Morgan fingerprint density at radius 1 is 0.771 bits per heavy atom. The lowest BCUT2D eigenvalue weighted by Gasteiger charge is -2.32. The van der Waals surface area contributed by atoms with Crippen LogP contribution in [0.5, 0.6) is 0 Å². The van der Waals surface area contributed by atoms with E-state index in [1.807, 2.05) is 0 Å². The third-order valence-electron chi connectivity index (χ3n) is 11.5. The second-order valence-corrected chi connectivity index (χ2v) is 19.3. The van der Waals surface area contributed by atoms with E-state index in [1.165, 1.54) is 9.80 Å². The summed E-state index contributed by atoms with van der Waals surface area (Å²) in [5.41, 5.74) is 28.2. The number of carboxylic acids is 1. The van der Waals surface area contributed by atoms with Crippen molar-refractivity contribution in [2.75, 3.05) is 50.8 Å². The average molecular weight is 1020 g/mol. The average Bonchev–Trinajstić information content (AvgIpc) is 4.03. The highest BCUT2D eigenvalue weighted by Crippen LogP contribution is 2.26. The van der Waals surface area contributed by atoms with Gasteiger partial charge in [0.15, 0.2) is 11.9 Å². The lowest BCUT2D eigenvalue weighted by molar-refractivity contribution is -0.147. The SMILES string of the molecule is NC(N)=NCCC[C@H](NC(=O)[C@@H]1CSSC[C@H](NC(=O)CNC(=O)[C@@H]2CCCN2C(=O)[C@@H]2CCCN2C(=O)[C@@H](N)CCCN=C(N)N)C(=O)N[C@@H](CO)C(=O)N[C@H](Cc2ccccc2)C(=O)N1)C(=O)O. The van der Waals surface area contributed by atoms with Crippen LogP contribution < -0.4 is 60.6 Å². The molecule has 0 radical (unpaired) electrons. The fourth-order valence-corrected chi connectivity index (χ4v) is 10.2. The molecule has 3 aliphatic heterocycles. The summed E-state index contributed by atoms with van der Waals surface area (Å²) in [5.74, 6) is -7.84. The zero-order valence-corrected chi connectivity index (χ0v) is 40.2. The van der Waals surface area contributed by atoms with Crippen molar-refractivity contribution in [3.63, 3.8) is 0 Å². The van der Waals surface area contributed by atoms with Crippen molar-refractivity contribution >= 4 is 86.7 Å². The number of guanidine groups is 2. The number of nitrogens with zero attached hydrogens (tertiary/aromatic N) is 4. The van der Waals surface area contributed by atoms with Crippen LogP contribution in [0.3, 0.4) is 0 Å². The van der Waals surface area contributed by atoms with Gasteiger partial charge in [0.1, 0.15) is 42.3 Å². The first-order valence-electron chi connectivity index (χ1n) is 22.8. The molecule has 3 aliphatic rings. The summed E-state index contributed by atoms with van der Waals surface area (Å²) in [7, 11) is 2.00. The topological polar surface area (TPSA) is 428 Å². The van der Waals surface area contributed by atoms with E-state index in [2.05, 4.69) is 41.9 Å². The predicted molar refractivity (Wildman–Crippen MR) is 260 cm³/mol. The molecule has 28 heteroatoms. The van der Waals surface area contributed by atoms with Gasteiger partial charge in [-0.2, -0.15) is 0 Å². The monoisotopic (exact) mass is 1020 g/mol. The molecule has 0 saturated carbocycles. The van der Waals surface area contributed by atoms with Crippen LogP contribution >= 0.6 is 21.6 Å². The number of nitrogens with one attached hydrogen (secondary N) is 6. The molecule has 8 atom stereocenters. The number of amides is 8. The van der Waals surface area contributed by atoms with Crippen LogP contribution in [0.4, 0.5) is 0 Å². The Bertz CT molecular complexity index is 2080. The minimum absolute atomic E-state index is 0.0638. The molecule has 4 rings (SSSR count). The van der Waals surface area contributed by atoms with Crippen LogP contribution in [0, 0.1) is 0 Å². The highest BCUT2D eigenvalue weighted by atomic mass is 33.1. The number of aliphatic imine (C=N–C) groups is 2. The van der Waals surface area contributed by atoms with Crippen LogP contribution in [0.1, 0.15) is 56.9 Å². The molecule has 0 aliphatic carbocycles. The summed E-state index contributed by atoms with van der Waals surface area (Å²) in [4.78, 5) is 132. The molecule has 8 amide bonds. The summed E-state index contributed by atoms with van der Waals surface area (Å²) in [6.07, 6.45) is 2.48. The predicted octanol–water partition coefficient (Wildman–Crippen LogP) is -5.34. The molecule has 1 aromatic rings. The molecule has 18 N–H and O–H groups in total. The summed E-state index contributed by atoms with van der Waals surface area (Å²) >= 11 is 0. The molecular formula is C42H65N15O11S2. The van der Waals surface area contributed by atoms with Crippen molar-refractivity contribution in [2.24, 2.45) is 38.7 Å². The van der Waals surface area contributed by atoms with Crippen molar-refractivity contribution in [1.82, 2.24) is 41.7 Å². The van der Waals surface area contributed by atoms with Crippen molar-refractivity contribution in [3.8, 4) is 0 Å². The Balaban J connectivity index is 1.44. The van der Waals surface area contributed by atoms with Crippen LogP contribution in [0.25, 0.3) is 0 Å². The van der Waals surface area contributed by atoms with Gasteiger partial charge in [-0.05, 0) is 56.9 Å². The normalized spacial score (nSPS) is 23.0. The number of nitrogens with two attached hydrogens (primary N) is 5. The molecule has 386 valence electrons. The maximum atomic E-state index is 13.9. The van der Waals surface area contributed by atoms with E-state index in [0.29, 0.717) is 37.8 Å². The summed E-state index contributed by atoms with van der Waals surface area (Å²) in [6.45, 7) is -0.615. The van der Waals surface area contributed by atoms with Crippen molar-refractivity contribution in [1.29, 1.82) is 0 Å². The van der Waals surface area contributed by atoms with Gasteiger partial charge in [0.25, 0.3) is 0 Å². The molecule has 70 heavy (non-hydrogen) atoms. The minimum atomic E-state index is -1.61. The first-order chi connectivity index (χ1) is 33.4. The van der Waals surface area contributed by atoms with E-state index in [0.717, 1.165) is 21.6 Å². The Labute approximate surface area is 412 Å². The van der Waals surface area contributed by atoms with E-state index < -0.39 is 115 Å². The van der Waals surface area contributed by atoms with Gasteiger partial charge in [0.05, 0.1) is 19.2 Å². The maximum Gasteiger partial charge on any atom is 0.326 e. The zero-order chi connectivity index (χ0) is 51.3. The fraction of sp³-hybridized carbons (Fsp3) is 0.595. The molecule has 1 aromatic carbocycles. The largest absolute Gasteiger partial charge is 0.480 e. The molecule has 3 saturated heterocycles. The van der Waals surface area contributed by atoms with E-state index in [1.54, 1.807) is 30.3 Å². The number of carboxylic acid groups (broad SMARTS) is 1. The number of likely N-dealkylation sites (tertiary alicyclic amines) is 2. The van der Waals surface area contributed by atoms with E-state index in [-0.39, 0.29) is 75.2 Å². The minimum Gasteiger partial charge on any atom is -0.480 e. The number of aliphatic hydroxyl groups excluding tert-OH is 1. The van der Waals surface area contributed by atoms with Gasteiger partial charge in [-0.15, -0.1) is 0 Å². The zero-order valence-electron chi connectivity index (χ0n) is 38.6. The van der Waals surface area contributed by atoms with Crippen LogP contribution in [-0.2, 0) is 49.6 Å². The van der Waals surface area contributed by atoms with Crippen molar-refractivity contribution in [3.05, 3.63) is 35.9 Å². The first-order valence-corrected chi connectivity index (χ1v) is 25.3. The van der Waals surface area contributed by atoms with Gasteiger partial charge in [-0.25, -0.2) is 4.79 Å². The Morgan fingerprint density at radius 2 is 1.37 bits per heavy atom. The van der Waals surface area contributed by atoms with Gasteiger partial charge in [-0.3, -0.25) is 48.3 Å². The number of aliphatic hydroxyl groups is 1. The molecule has 3 heterocycles. The number of carbonyl (C=O) groups excluding carboxylic acids is 8. The van der Waals surface area contributed by atoms with Crippen molar-refractivity contribution < 1.29 is 53.4 Å². The van der Waals surface area contributed by atoms with Crippen LogP contribution in [-0.4, -0.2) is 184 Å². The van der Waals surface area contributed by atoms with E-state index >= 15 is 0 Å². The number of hydrogen-bond acceptors (Lipinski definition) is 15. The number of hydrogen-bond donors (Lipinski definition) is 13. The van der Waals surface area contributed by atoms with Crippen molar-refractivity contribution in [2.45, 2.75) is 106 Å². The molecule has 0 aromatic heterocycles. The standard InChI is InChI=1S/C42H65N15O11S2/c43-24(10-4-14-48-41(44)45)38(65)57-17-7-13-31(57)39(66)56-16-6-12-30(56)37(64)50-19-32(59)51-28-21-69-70-22-29(36(63)52-25(40(67)68)11-5-15-49-42(46)47)55-33(60)26(18-23-8-2-1-3-9-23)53-34(61)27(20-58)54-35(28)62/h1-3,8-9,24-31,58H,4-7,10-22,43H2,(H,50,64)(H,51,59)(H,52,63)(H,53,61)(H,54,62)(H,55,60)(H,67,68)(H4,44,45,48)(H4,46,47,49)/t24-,25-,26+,27-,28-,29-,30-,31-/m0/s1. The molecule has 0 unspecified atom stereocenters. The maximum absolute atomic E-state index is 13.9. The summed E-state index contributed by atoms with van der Waals surface area (Å²) in [6, 6.07) is -1.25. The summed E-state index contributed by atoms with van der Waals surface area (Å²) in [5, 5.41) is 35.1. The van der Waals surface area contributed by atoms with Crippen LogP contribution in [0.15, 0.2) is 40.3 Å². The first kappa shape index (κ1) is 56.2. The van der Waals surface area contributed by atoms with Gasteiger partial charge in [-0.1, -0.05) is 51.9 Å². The second-order valence-electron chi connectivity index (χ2n) is 16.7. The van der Waals surface area contributed by atoms with Crippen LogP contribution in [0.2, 0.25) is 0 Å². The van der Waals surface area contributed by atoms with Gasteiger partial charge < -0.3 is 80.6 Å². The lowest BCUT2D eigenvalue weighted by atomic mass is 10.0. The smallest absolute Gasteiger partial charge is 0.326 e. The highest BCUT2D eigenvalue weighted by molar-refractivity contribution is 8.76.